The summed E-state index contributed by atoms with van der Waals surface area (Å²) in [6.45, 7) is 3.05. The number of benzene rings is 1. The third kappa shape index (κ3) is 4.74. The topological polar surface area (TPSA) is 121 Å². The zero-order chi connectivity index (χ0) is 30.9. The molecule has 2 aliphatic carbocycles. The van der Waals surface area contributed by atoms with E-state index in [4.69, 9.17) is 9.84 Å². The molecule has 1 aromatic carbocycles. The molecule has 7 rings (SSSR count). The van der Waals surface area contributed by atoms with Crippen LogP contribution in [0.1, 0.15) is 89.4 Å². The Hall–Kier alpha value is -3.92. The summed E-state index contributed by atoms with van der Waals surface area (Å²) >= 11 is 0. The van der Waals surface area contributed by atoms with Crippen LogP contribution in [0, 0.1) is 23.2 Å². The van der Waals surface area contributed by atoms with Crippen LogP contribution in [0.25, 0.3) is 0 Å². The molecule has 4 fully saturated rings. The first-order chi connectivity index (χ1) is 21.1. The normalized spacial score (nSPS) is 28.3. The summed E-state index contributed by atoms with van der Waals surface area (Å²) in [5, 5.41) is 17.5. The van der Waals surface area contributed by atoms with Gasteiger partial charge in [-0.2, -0.15) is 23.5 Å². The van der Waals surface area contributed by atoms with Gasteiger partial charge in [0.1, 0.15) is 17.9 Å². The fourth-order valence-corrected chi connectivity index (χ4v) is 7.42. The predicted molar refractivity (Wildman–Crippen MR) is 150 cm³/mol. The number of anilines is 1. The largest absolute Gasteiger partial charge is 0.416 e. The number of carbonyl (C=O) groups is 3. The third-order valence-corrected chi connectivity index (χ3v) is 9.81. The fourth-order valence-electron chi connectivity index (χ4n) is 7.42. The number of nitrogens with one attached hydrogen (secondary N) is 1. The number of amides is 3. The number of piperidine rings is 1. The Bertz CT molecular complexity index is 1560. The zero-order valence-corrected chi connectivity index (χ0v) is 24.2. The van der Waals surface area contributed by atoms with Crippen LogP contribution in [0.3, 0.4) is 0 Å². The van der Waals surface area contributed by atoms with E-state index in [9.17, 15) is 32.8 Å². The van der Waals surface area contributed by atoms with Crippen molar-refractivity contribution < 1.29 is 32.3 Å². The van der Waals surface area contributed by atoms with E-state index in [2.05, 4.69) is 11.4 Å². The monoisotopic (exact) mass is 610 g/mol. The Balaban J connectivity index is 1.33. The van der Waals surface area contributed by atoms with Gasteiger partial charge in [-0.1, -0.05) is 6.07 Å². The van der Waals surface area contributed by atoms with E-state index in [-0.39, 0.29) is 47.6 Å². The molecule has 5 aliphatic rings. The quantitative estimate of drug-likeness (QED) is 0.527. The van der Waals surface area contributed by atoms with E-state index in [0.717, 1.165) is 37.5 Å². The minimum Gasteiger partial charge on any atom is -0.381 e. The van der Waals surface area contributed by atoms with Crippen molar-refractivity contribution in [2.45, 2.75) is 81.7 Å². The number of hydrogen-bond acceptors (Lipinski definition) is 6. The molecular formula is C31H33F3N6O4. The molecular weight excluding hydrogens is 577 g/mol. The van der Waals surface area contributed by atoms with Crippen LogP contribution in [0.4, 0.5) is 19.0 Å². The molecule has 2 aromatic rings. The van der Waals surface area contributed by atoms with E-state index in [0.29, 0.717) is 49.8 Å². The van der Waals surface area contributed by atoms with E-state index in [1.165, 1.54) is 11.0 Å². The molecule has 0 unspecified atom stereocenters. The lowest BCUT2D eigenvalue weighted by atomic mass is 9.82. The van der Waals surface area contributed by atoms with Gasteiger partial charge in [-0.05, 0) is 75.5 Å². The summed E-state index contributed by atoms with van der Waals surface area (Å²) in [5.74, 6) is -1.32. The van der Waals surface area contributed by atoms with Crippen LogP contribution in [0.5, 0.6) is 0 Å². The predicted octanol–water partition coefficient (Wildman–Crippen LogP) is 4.04. The first-order valence-corrected chi connectivity index (χ1v) is 15.3. The number of likely N-dealkylation sites (tertiary alicyclic amines) is 1. The smallest absolute Gasteiger partial charge is 0.381 e. The van der Waals surface area contributed by atoms with Crippen LogP contribution < -0.4 is 10.2 Å². The highest BCUT2D eigenvalue weighted by Crippen LogP contribution is 2.53. The number of likely N-dealkylation sites (N-methyl/N-ethyl adjacent to an activating group) is 1. The van der Waals surface area contributed by atoms with Gasteiger partial charge in [-0.25, -0.2) is 4.68 Å². The highest BCUT2D eigenvalue weighted by Gasteiger charge is 2.57. The molecule has 44 heavy (non-hydrogen) atoms. The molecule has 0 spiro atoms. The first-order valence-electron chi connectivity index (χ1n) is 15.3. The molecule has 5 atom stereocenters. The number of aromatic nitrogens is 2. The summed E-state index contributed by atoms with van der Waals surface area (Å²) in [6, 6.07) is 4.59. The second-order valence-electron chi connectivity index (χ2n) is 12.5. The van der Waals surface area contributed by atoms with Gasteiger partial charge in [0.25, 0.3) is 17.7 Å². The number of fused-ring (bicyclic) bond motifs is 2. The van der Waals surface area contributed by atoms with Crippen molar-refractivity contribution in [2.75, 3.05) is 24.7 Å². The van der Waals surface area contributed by atoms with Crippen LogP contribution in [-0.2, 0) is 15.7 Å². The average molecular weight is 611 g/mol. The number of carbonyl (C=O) groups excluding carboxylic acids is 3. The lowest BCUT2D eigenvalue weighted by Crippen LogP contribution is -2.56. The molecule has 1 aromatic heterocycles. The standard InChI is InChI=1S/C31H33F3N6O4/c1-2-38-28-24(23(16-6-7-16)25(29(38)42)36-27(41)17-4-3-5-19(12-17)31(32,33)34)26(37-40(28)20-8-10-44-11-9-20)30(43)39-21(15-35)13-18-14-22(18)39/h3-5,12,16,18,20-23,25H,2,6-11,13-14H2,1H3,(H,36,41)/t18-,21-,22+,23-,25-/m0/s1. The van der Waals surface area contributed by atoms with Crippen LogP contribution in [0.2, 0.25) is 0 Å². The van der Waals surface area contributed by atoms with Gasteiger partial charge in [0.05, 0.1) is 17.7 Å². The van der Waals surface area contributed by atoms with E-state index in [1.54, 1.807) is 16.5 Å². The molecule has 13 heteroatoms. The summed E-state index contributed by atoms with van der Waals surface area (Å²) in [4.78, 5) is 45.2. The fraction of sp³-hybridized carbons (Fsp3) is 0.581. The van der Waals surface area contributed by atoms with Crippen molar-refractivity contribution in [3.05, 3.63) is 46.6 Å². The van der Waals surface area contributed by atoms with Gasteiger partial charge >= 0.3 is 6.18 Å². The van der Waals surface area contributed by atoms with Crippen molar-refractivity contribution in [3.8, 4) is 6.07 Å². The van der Waals surface area contributed by atoms with Crippen molar-refractivity contribution in [1.82, 2.24) is 20.0 Å². The molecule has 0 bridgehead atoms. The molecule has 2 saturated heterocycles. The van der Waals surface area contributed by atoms with Gasteiger partial charge in [0, 0.05) is 42.8 Å². The Labute approximate surface area is 252 Å². The Kier molecular flexibility index (Phi) is 6.95. The molecule has 4 heterocycles. The molecule has 232 valence electrons. The number of nitriles is 1. The Morgan fingerprint density at radius 1 is 1.14 bits per heavy atom. The lowest BCUT2D eigenvalue weighted by molar-refractivity contribution is -0.137. The molecule has 10 nitrogen and oxygen atoms in total. The van der Waals surface area contributed by atoms with Gasteiger partial charge in [-0.3, -0.25) is 19.3 Å². The second-order valence-corrected chi connectivity index (χ2v) is 12.5. The maximum Gasteiger partial charge on any atom is 0.416 e. The van der Waals surface area contributed by atoms with Crippen molar-refractivity contribution in [2.24, 2.45) is 11.8 Å². The molecule has 0 radical (unpaired) electrons. The van der Waals surface area contributed by atoms with E-state index >= 15 is 0 Å². The minimum atomic E-state index is -4.63. The summed E-state index contributed by atoms with van der Waals surface area (Å²) in [5.41, 5.74) is -0.391. The summed E-state index contributed by atoms with van der Waals surface area (Å²) < 4.78 is 47.6. The van der Waals surface area contributed by atoms with Crippen molar-refractivity contribution in [1.29, 1.82) is 5.26 Å². The van der Waals surface area contributed by atoms with Gasteiger partial charge in [0.15, 0.2) is 5.69 Å². The van der Waals surface area contributed by atoms with Gasteiger partial charge in [-0.15, -0.1) is 0 Å². The number of nitrogens with zero attached hydrogens (tertiary/aromatic N) is 5. The maximum absolute atomic E-state index is 14.3. The number of alkyl halides is 3. The van der Waals surface area contributed by atoms with Crippen molar-refractivity contribution >= 4 is 23.5 Å². The molecule has 2 saturated carbocycles. The molecule has 1 N–H and O–H groups in total. The van der Waals surface area contributed by atoms with Gasteiger partial charge < -0.3 is 15.0 Å². The minimum absolute atomic E-state index is 0.0145. The van der Waals surface area contributed by atoms with Crippen LogP contribution in [-0.4, -0.2) is 70.3 Å². The lowest BCUT2D eigenvalue weighted by Gasteiger charge is -2.39. The number of hydrogen-bond donors (Lipinski definition) is 1. The van der Waals surface area contributed by atoms with Crippen molar-refractivity contribution in [3.63, 3.8) is 0 Å². The summed E-state index contributed by atoms with van der Waals surface area (Å²) in [6.07, 6.45) is -0.341. The molecule has 3 aliphatic heterocycles. The van der Waals surface area contributed by atoms with Crippen LogP contribution in [0.15, 0.2) is 24.3 Å². The Morgan fingerprint density at radius 2 is 1.89 bits per heavy atom. The third-order valence-electron chi connectivity index (χ3n) is 9.81. The first kappa shape index (κ1) is 28.8. The average Bonchev–Trinajstić information content (AvgIpc) is 3.94. The Morgan fingerprint density at radius 3 is 2.55 bits per heavy atom. The number of rotatable bonds is 6. The number of ether oxygens (including phenoxy) is 1. The van der Waals surface area contributed by atoms with E-state index in [1.807, 2.05) is 0 Å². The van der Waals surface area contributed by atoms with E-state index < -0.39 is 35.6 Å². The highest BCUT2D eigenvalue weighted by atomic mass is 19.4. The van der Waals surface area contributed by atoms with Crippen LogP contribution >= 0.6 is 0 Å². The highest BCUT2D eigenvalue weighted by molar-refractivity contribution is 6.07. The molecule has 3 amide bonds. The SMILES string of the molecule is CCN1C(=O)[C@@H](NC(=O)c2cccc(C(F)(F)F)c2)[C@@H](C2CC2)c2c(C(=O)N3[C@H](C#N)C[C@H]4C[C@H]43)nn(C3CCOCC3)c21. The maximum atomic E-state index is 14.3. The second kappa shape index (κ2) is 10.6. The van der Waals surface area contributed by atoms with Gasteiger partial charge in [0.2, 0.25) is 0 Å². The number of halogens is 3. The summed E-state index contributed by atoms with van der Waals surface area (Å²) in [7, 11) is 0. The zero-order valence-electron chi connectivity index (χ0n) is 24.2.